The lowest BCUT2D eigenvalue weighted by atomic mass is 10.0. The molecule has 11 heteroatoms. The van der Waals surface area contributed by atoms with E-state index in [4.69, 9.17) is 4.74 Å². The first-order valence-corrected chi connectivity index (χ1v) is 13.6. The summed E-state index contributed by atoms with van der Waals surface area (Å²) in [6.07, 6.45) is 8.94. The van der Waals surface area contributed by atoms with E-state index in [0.29, 0.717) is 29.8 Å². The van der Waals surface area contributed by atoms with Crippen LogP contribution in [0.25, 0.3) is 22.0 Å². The van der Waals surface area contributed by atoms with Crippen LogP contribution < -0.4 is 10.2 Å². The van der Waals surface area contributed by atoms with E-state index in [-0.39, 0.29) is 5.69 Å². The van der Waals surface area contributed by atoms with Gasteiger partial charge in [-0.05, 0) is 67.4 Å². The van der Waals surface area contributed by atoms with Gasteiger partial charge in [-0.1, -0.05) is 12.5 Å². The van der Waals surface area contributed by atoms with E-state index in [1.807, 2.05) is 18.3 Å². The summed E-state index contributed by atoms with van der Waals surface area (Å²) in [7, 11) is 0. The van der Waals surface area contributed by atoms with Gasteiger partial charge in [-0.3, -0.25) is 9.88 Å². The quantitative estimate of drug-likeness (QED) is 0.371. The van der Waals surface area contributed by atoms with Crippen LogP contribution in [0.2, 0.25) is 0 Å². The third kappa shape index (κ3) is 5.51. The molecule has 206 valence electrons. The van der Waals surface area contributed by atoms with Crippen LogP contribution in [0.5, 0.6) is 0 Å². The second-order valence-corrected chi connectivity index (χ2v) is 10.2. The first-order chi connectivity index (χ1) is 19.5. The molecule has 1 amide bonds. The number of fused-ring (bicyclic) bond motifs is 1. The molecule has 5 heterocycles. The fourth-order valence-electron chi connectivity index (χ4n) is 5.33. The summed E-state index contributed by atoms with van der Waals surface area (Å²) < 4.78 is 6.47. The zero-order valence-corrected chi connectivity index (χ0v) is 22.1. The van der Waals surface area contributed by atoms with Gasteiger partial charge < -0.3 is 20.1 Å². The minimum absolute atomic E-state index is 0.190. The number of piperidine rings is 1. The molecule has 6 rings (SSSR count). The molecule has 4 aromatic rings. The number of morpholine rings is 1. The molecule has 0 radical (unpaired) electrons. The van der Waals surface area contributed by atoms with Crippen molar-refractivity contribution in [2.45, 2.75) is 25.8 Å². The van der Waals surface area contributed by atoms with Crippen molar-refractivity contribution in [3.8, 4) is 11.1 Å². The number of nitrogens with one attached hydrogen (secondary N) is 1. The highest BCUT2D eigenvalue weighted by molar-refractivity contribution is 6.06. The van der Waals surface area contributed by atoms with Crippen LogP contribution in [0.1, 0.15) is 35.3 Å². The number of hydrogen-bond acceptors (Lipinski definition) is 8. The number of amides is 1. The molecular formula is C29H31N7O4. The van der Waals surface area contributed by atoms with Crippen LogP contribution in [0.3, 0.4) is 0 Å². The molecule has 3 aromatic heterocycles. The molecule has 0 aliphatic carbocycles. The Hall–Kier alpha value is -4.35. The van der Waals surface area contributed by atoms with E-state index in [1.54, 1.807) is 30.6 Å². The zero-order valence-electron chi connectivity index (χ0n) is 22.1. The van der Waals surface area contributed by atoms with Crippen molar-refractivity contribution in [3.63, 3.8) is 0 Å². The monoisotopic (exact) mass is 541 g/mol. The molecule has 2 aliphatic heterocycles. The third-order valence-corrected chi connectivity index (χ3v) is 7.39. The second kappa shape index (κ2) is 11.4. The number of aromatic carboxylic acids is 1. The van der Waals surface area contributed by atoms with Gasteiger partial charge >= 0.3 is 12.0 Å². The summed E-state index contributed by atoms with van der Waals surface area (Å²) in [6, 6.07) is 10.5. The van der Waals surface area contributed by atoms with E-state index in [1.165, 1.54) is 19.3 Å². The molecule has 0 bridgehead atoms. The van der Waals surface area contributed by atoms with Crippen molar-refractivity contribution < 1.29 is 19.4 Å². The van der Waals surface area contributed by atoms with Crippen LogP contribution in [0.15, 0.2) is 55.0 Å². The average Bonchev–Trinajstić information content (AvgIpc) is 3.38. The Morgan fingerprint density at radius 3 is 2.50 bits per heavy atom. The maximum absolute atomic E-state index is 13.2. The SMILES string of the molecule is O=C(O)c1nn(C(=O)Nc2ccc(N3CCOCC3)nc2)c2ccc(-c3cncc(CN4CCCCC4)c3)cc12. The molecule has 2 fully saturated rings. The number of likely N-dealkylation sites (tertiary alicyclic amines) is 1. The number of nitrogens with zero attached hydrogens (tertiary/aromatic N) is 6. The number of aromatic nitrogens is 4. The minimum Gasteiger partial charge on any atom is -0.476 e. The highest BCUT2D eigenvalue weighted by atomic mass is 16.5. The van der Waals surface area contributed by atoms with Crippen molar-refractivity contribution in [3.05, 3.63) is 66.2 Å². The molecule has 0 atom stereocenters. The maximum Gasteiger partial charge on any atom is 0.357 e. The van der Waals surface area contributed by atoms with Gasteiger partial charge in [-0.2, -0.15) is 9.78 Å². The third-order valence-electron chi connectivity index (χ3n) is 7.39. The highest BCUT2D eigenvalue weighted by Crippen LogP contribution is 2.28. The number of carboxylic acid groups (broad SMARTS) is 1. The Morgan fingerprint density at radius 1 is 0.925 bits per heavy atom. The lowest BCUT2D eigenvalue weighted by Gasteiger charge is -2.27. The molecule has 2 saturated heterocycles. The van der Waals surface area contributed by atoms with Crippen molar-refractivity contribution in [2.75, 3.05) is 49.6 Å². The second-order valence-electron chi connectivity index (χ2n) is 10.2. The van der Waals surface area contributed by atoms with Crippen molar-refractivity contribution in [1.29, 1.82) is 0 Å². The summed E-state index contributed by atoms with van der Waals surface area (Å²) in [6.45, 7) is 5.85. The van der Waals surface area contributed by atoms with Gasteiger partial charge in [0.05, 0.1) is 30.6 Å². The zero-order chi connectivity index (χ0) is 27.5. The maximum atomic E-state index is 13.2. The fraction of sp³-hybridized carbons (Fsp3) is 0.345. The number of benzene rings is 1. The van der Waals surface area contributed by atoms with Crippen molar-refractivity contribution in [1.82, 2.24) is 24.6 Å². The Labute approximate surface area is 231 Å². The summed E-state index contributed by atoms with van der Waals surface area (Å²) in [4.78, 5) is 38.7. The Morgan fingerprint density at radius 2 is 1.75 bits per heavy atom. The number of hydrogen-bond donors (Lipinski definition) is 2. The van der Waals surface area contributed by atoms with E-state index in [0.717, 1.165) is 59.9 Å². The smallest absolute Gasteiger partial charge is 0.357 e. The Kier molecular flexibility index (Phi) is 7.39. The van der Waals surface area contributed by atoms with Crippen LogP contribution >= 0.6 is 0 Å². The van der Waals surface area contributed by atoms with Gasteiger partial charge in [0, 0.05) is 43.0 Å². The molecular weight excluding hydrogens is 510 g/mol. The van der Waals surface area contributed by atoms with Crippen LogP contribution in [-0.2, 0) is 11.3 Å². The normalized spacial score (nSPS) is 16.2. The van der Waals surface area contributed by atoms with Gasteiger partial charge in [-0.15, -0.1) is 0 Å². The number of anilines is 2. The minimum atomic E-state index is -1.21. The number of ether oxygens (including phenoxy) is 1. The average molecular weight is 542 g/mol. The highest BCUT2D eigenvalue weighted by Gasteiger charge is 2.21. The summed E-state index contributed by atoms with van der Waals surface area (Å²) in [5.41, 5.74) is 3.50. The first-order valence-electron chi connectivity index (χ1n) is 13.6. The largest absolute Gasteiger partial charge is 0.476 e. The van der Waals surface area contributed by atoms with Crippen molar-refractivity contribution >= 4 is 34.4 Å². The Bertz CT molecular complexity index is 1520. The molecule has 40 heavy (non-hydrogen) atoms. The number of rotatable bonds is 6. The van der Waals surface area contributed by atoms with Crippen molar-refractivity contribution in [2.24, 2.45) is 0 Å². The molecule has 0 spiro atoms. The summed E-state index contributed by atoms with van der Waals surface area (Å²) in [5.74, 6) is -0.400. The fourth-order valence-corrected chi connectivity index (χ4v) is 5.33. The predicted octanol–water partition coefficient (Wildman–Crippen LogP) is 4.09. The number of carboxylic acids is 1. The lowest BCUT2D eigenvalue weighted by Crippen LogP contribution is -2.36. The summed E-state index contributed by atoms with van der Waals surface area (Å²) >= 11 is 0. The van der Waals surface area contributed by atoms with Crippen LogP contribution in [0, 0.1) is 0 Å². The topological polar surface area (TPSA) is 126 Å². The Balaban J connectivity index is 1.24. The van der Waals surface area contributed by atoms with Gasteiger partial charge in [0.1, 0.15) is 5.82 Å². The lowest BCUT2D eigenvalue weighted by molar-refractivity contribution is 0.0692. The van der Waals surface area contributed by atoms with Gasteiger partial charge in [0.25, 0.3) is 0 Å². The molecule has 1 aromatic carbocycles. The number of carbonyl (C=O) groups excluding carboxylic acids is 1. The molecule has 0 unspecified atom stereocenters. The predicted molar refractivity (Wildman–Crippen MR) is 151 cm³/mol. The number of pyridine rings is 2. The van der Waals surface area contributed by atoms with E-state index in [2.05, 4.69) is 36.2 Å². The molecule has 2 N–H and O–H groups in total. The van der Waals surface area contributed by atoms with E-state index in [9.17, 15) is 14.7 Å². The van der Waals surface area contributed by atoms with Crippen LogP contribution in [0.4, 0.5) is 16.3 Å². The van der Waals surface area contributed by atoms with E-state index < -0.39 is 12.0 Å². The standard InChI is InChI=1S/C29H31N7O4/c37-28(38)27-24-15-21(22-14-20(16-30-17-22)19-34-8-2-1-3-9-34)4-6-25(24)36(33-27)29(39)32-23-5-7-26(31-18-23)35-10-12-40-13-11-35/h4-7,14-18H,1-3,8-13,19H2,(H,32,39)(H,37,38). The van der Waals surface area contributed by atoms with Crippen LogP contribution in [-0.4, -0.2) is 81.1 Å². The molecule has 11 nitrogen and oxygen atoms in total. The summed E-state index contributed by atoms with van der Waals surface area (Å²) in [5, 5.41) is 17.2. The number of carbonyl (C=O) groups is 2. The van der Waals surface area contributed by atoms with Gasteiger partial charge in [0.15, 0.2) is 5.69 Å². The molecule has 2 aliphatic rings. The van der Waals surface area contributed by atoms with Gasteiger partial charge in [-0.25, -0.2) is 14.6 Å². The van der Waals surface area contributed by atoms with E-state index >= 15 is 0 Å². The first kappa shape index (κ1) is 25.9. The van der Waals surface area contributed by atoms with Gasteiger partial charge in [0.2, 0.25) is 0 Å². The molecule has 0 saturated carbocycles.